The molecule has 2 aromatic carbocycles. The van der Waals surface area contributed by atoms with Crippen LogP contribution in [0.2, 0.25) is 0 Å². The van der Waals surface area contributed by atoms with Crippen LogP contribution in [-0.2, 0) is 9.59 Å². The normalized spacial score (nSPS) is 10.4. The Labute approximate surface area is 156 Å². The summed E-state index contributed by atoms with van der Waals surface area (Å²) in [6, 6.07) is 11.5. The predicted octanol–water partition coefficient (Wildman–Crippen LogP) is 2.28. The molecule has 0 fully saturated rings. The molecule has 8 nitrogen and oxygen atoms in total. The van der Waals surface area contributed by atoms with Gasteiger partial charge >= 0.3 is 0 Å². The molecule has 0 aliphatic rings. The summed E-state index contributed by atoms with van der Waals surface area (Å²) in [6.07, 6.45) is 1.01. The maximum absolute atomic E-state index is 11.9. The van der Waals surface area contributed by atoms with Crippen LogP contribution in [0.4, 0.5) is 5.69 Å². The third-order valence-corrected chi connectivity index (χ3v) is 3.38. The molecular weight excluding hydrogens is 350 g/mol. The lowest BCUT2D eigenvalue weighted by Gasteiger charge is -2.06. The number of methoxy groups -OCH3 is 1. The fourth-order valence-electron chi connectivity index (χ4n) is 2.15. The van der Waals surface area contributed by atoms with E-state index in [2.05, 4.69) is 15.8 Å². The summed E-state index contributed by atoms with van der Waals surface area (Å²) >= 11 is 0. The van der Waals surface area contributed by atoms with Gasteiger partial charge in [-0.05, 0) is 55.0 Å². The van der Waals surface area contributed by atoms with Crippen LogP contribution in [-0.4, -0.2) is 36.9 Å². The van der Waals surface area contributed by atoms with Crippen molar-refractivity contribution in [2.24, 2.45) is 5.10 Å². The zero-order valence-electron chi connectivity index (χ0n) is 15.1. The first-order chi connectivity index (χ1) is 13.0. The minimum atomic E-state index is -0.555. The highest BCUT2D eigenvalue weighted by Gasteiger charge is 2.09. The Morgan fingerprint density at radius 2 is 1.89 bits per heavy atom. The molecule has 0 aliphatic carbocycles. The van der Waals surface area contributed by atoms with Crippen LogP contribution in [0.15, 0.2) is 47.6 Å². The van der Waals surface area contributed by atoms with Crippen LogP contribution in [0.3, 0.4) is 0 Å². The van der Waals surface area contributed by atoms with Crippen molar-refractivity contribution in [2.45, 2.75) is 13.3 Å². The average Bonchev–Trinajstić information content (AvgIpc) is 2.64. The third-order valence-electron chi connectivity index (χ3n) is 3.38. The Kier molecular flexibility index (Phi) is 7.18. The van der Waals surface area contributed by atoms with E-state index in [0.717, 1.165) is 0 Å². The fourth-order valence-corrected chi connectivity index (χ4v) is 2.15. The van der Waals surface area contributed by atoms with Gasteiger partial charge in [0.1, 0.15) is 12.2 Å². The van der Waals surface area contributed by atoms with E-state index in [4.69, 9.17) is 9.47 Å². The van der Waals surface area contributed by atoms with Gasteiger partial charge in [-0.1, -0.05) is 0 Å². The van der Waals surface area contributed by atoms with Gasteiger partial charge < -0.3 is 19.9 Å². The van der Waals surface area contributed by atoms with Crippen LogP contribution in [0.25, 0.3) is 0 Å². The average molecular weight is 371 g/mol. The molecule has 0 saturated heterocycles. The molecule has 3 N–H and O–H groups in total. The summed E-state index contributed by atoms with van der Waals surface area (Å²) in [5, 5.41) is 15.9. The minimum Gasteiger partial charge on any atom is -0.504 e. The van der Waals surface area contributed by atoms with Gasteiger partial charge in [0, 0.05) is 5.69 Å². The predicted molar refractivity (Wildman–Crippen MR) is 101 cm³/mol. The molecule has 0 unspecified atom stereocenters. The Morgan fingerprint density at radius 1 is 1.15 bits per heavy atom. The first-order valence-electron chi connectivity index (χ1n) is 8.23. The summed E-state index contributed by atoms with van der Waals surface area (Å²) in [4.78, 5) is 23.7. The van der Waals surface area contributed by atoms with E-state index in [9.17, 15) is 14.7 Å². The van der Waals surface area contributed by atoms with Crippen LogP contribution < -0.4 is 20.2 Å². The van der Waals surface area contributed by atoms with Crippen LogP contribution in [0, 0.1) is 0 Å². The second-order valence-corrected chi connectivity index (χ2v) is 5.41. The van der Waals surface area contributed by atoms with Crippen molar-refractivity contribution in [2.75, 3.05) is 19.0 Å². The van der Waals surface area contributed by atoms with Crippen LogP contribution >= 0.6 is 0 Å². The molecular formula is C19H21N3O5. The molecule has 0 atom stereocenters. The Bertz CT molecular complexity index is 819. The zero-order chi connectivity index (χ0) is 19.6. The Morgan fingerprint density at radius 3 is 2.56 bits per heavy atom. The molecule has 2 amide bonds. The van der Waals surface area contributed by atoms with Gasteiger partial charge in [-0.3, -0.25) is 9.59 Å². The second kappa shape index (κ2) is 9.81. The van der Waals surface area contributed by atoms with Crippen molar-refractivity contribution >= 4 is 23.7 Å². The molecule has 0 saturated carbocycles. The second-order valence-electron chi connectivity index (χ2n) is 5.41. The quantitative estimate of drug-likeness (QED) is 0.375. The molecule has 142 valence electrons. The summed E-state index contributed by atoms with van der Waals surface area (Å²) in [5.74, 6) is -0.0170. The highest BCUT2D eigenvalue weighted by atomic mass is 16.5. The number of benzene rings is 2. The number of hydrogen-bond donors (Lipinski definition) is 3. The summed E-state index contributed by atoms with van der Waals surface area (Å²) in [6.45, 7) is 2.44. The SMILES string of the molecule is CCOc1ccc(NC(=O)CC(=O)N/N=C/c2ccc(O)c(OC)c2)cc1. The summed E-state index contributed by atoms with van der Waals surface area (Å²) in [7, 11) is 1.43. The van der Waals surface area contributed by atoms with Crippen molar-refractivity contribution in [3.8, 4) is 17.2 Å². The monoisotopic (exact) mass is 371 g/mol. The topological polar surface area (TPSA) is 109 Å². The number of hydrogen-bond acceptors (Lipinski definition) is 6. The molecule has 0 heterocycles. The number of carbonyl (C=O) groups excluding carboxylic acids is 2. The zero-order valence-corrected chi connectivity index (χ0v) is 15.1. The summed E-state index contributed by atoms with van der Waals surface area (Å²) in [5.41, 5.74) is 3.45. The van der Waals surface area contributed by atoms with E-state index in [1.54, 1.807) is 36.4 Å². The van der Waals surface area contributed by atoms with Gasteiger partial charge in [0.25, 0.3) is 0 Å². The lowest BCUT2D eigenvalue weighted by atomic mass is 10.2. The number of phenols is 1. The van der Waals surface area contributed by atoms with E-state index in [1.807, 2.05) is 6.92 Å². The lowest BCUT2D eigenvalue weighted by Crippen LogP contribution is -2.24. The largest absolute Gasteiger partial charge is 0.504 e. The van der Waals surface area contributed by atoms with Gasteiger partial charge in [-0.2, -0.15) is 5.10 Å². The standard InChI is InChI=1S/C19H21N3O5/c1-3-27-15-7-5-14(6-8-15)21-18(24)11-19(25)22-20-12-13-4-9-16(23)17(10-13)26-2/h4-10,12,23H,3,11H2,1-2H3,(H,21,24)(H,22,25)/b20-12+. The third kappa shape index (κ3) is 6.35. The Balaban J connectivity index is 1.81. The molecule has 0 radical (unpaired) electrons. The van der Waals surface area contributed by atoms with E-state index in [1.165, 1.54) is 19.4 Å². The Hall–Kier alpha value is -3.55. The minimum absolute atomic E-state index is 0.00430. The number of phenolic OH excluding ortho intramolecular Hbond substituents is 1. The number of anilines is 1. The maximum atomic E-state index is 11.9. The lowest BCUT2D eigenvalue weighted by molar-refractivity contribution is -0.126. The van der Waals surface area contributed by atoms with Crippen LogP contribution in [0.1, 0.15) is 18.9 Å². The van der Waals surface area contributed by atoms with E-state index in [-0.39, 0.29) is 12.2 Å². The van der Waals surface area contributed by atoms with Gasteiger partial charge in [-0.25, -0.2) is 5.43 Å². The van der Waals surface area contributed by atoms with Gasteiger partial charge in [0.05, 0.1) is 19.9 Å². The molecule has 2 aromatic rings. The van der Waals surface area contributed by atoms with Gasteiger partial charge in [0.2, 0.25) is 11.8 Å². The number of hydrazone groups is 1. The fraction of sp³-hybridized carbons (Fsp3) is 0.211. The molecule has 0 aromatic heterocycles. The van der Waals surface area contributed by atoms with E-state index >= 15 is 0 Å². The van der Waals surface area contributed by atoms with Crippen molar-refractivity contribution in [1.29, 1.82) is 0 Å². The van der Waals surface area contributed by atoms with E-state index in [0.29, 0.717) is 29.4 Å². The van der Waals surface area contributed by atoms with Gasteiger partial charge in [0.15, 0.2) is 11.5 Å². The number of aromatic hydroxyl groups is 1. The first-order valence-corrected chi connectivity index (χ1v) is 8.23. The number of ether oxygens (including phenoxy) is 2. The highest BCUT2D eigenvalue weighted by molar-refractivity contribution is 6.03. The van der Waals surface area contributed by atoms with Crippen molar-refractivity contribution in [3.63, 3.8) is 0 Å². The number of nitrogens with one attached hydrogen (secondary N) is 2. The molecule has 0 aliphatic heterocycles. The number of rotatable bonds is 8. The van der Waals surface area contributed by atoms with Crippen molar-refractivity contribution < 1.29 is 24.2 Å². The highest BCUT2D eigenvalue weighted by Crippen LogP contribution is 2.25. The summed E-state index contributed by atoms with van der Waals surface area (Å²) < 4.78 is 10.3. The molecule has 2 rings (SSSR count). The van der Waals surface area contributed by atoms with Crippen molar-refractivity contribution in [3.05, 3.63) is 48.0 Å². The number of carbonyl (C=O) groups is 2. The van der Waals surface area contributed by atoms with Crippen LogP contribution in [0.5, 0.6) is 17.2 Å². The first kappa shape index (κ1) is 19.8. The molecule has 0 bridgehead atoms. The molecule has 0 spiro atoms. The smallest absolute Gasteiger partial charge is 0.249 e. The molecule has 27 heavy (non-hydrogen) atoms. The van der Waals surface area contributed by atoms with E-state index < -0.39 is 11.8 Å². The number of nitrogens with zero attached hydrogens (tertiary/aromatic N) is 1. The van der Waals surface area contributed by atoms with Gasteiger partial charge in [-0.15, -0.1) is 0 Å². The van der Waals surface area contributed by atoms with Crippen molar-refractivity contribution in [1.82, 2.24) is 5.43 Å². The maximum Gasteiger partial charge on any atom is 0.249 e. The number of amides is 2. The molecule has 8 heteroatoms.